The van der Waals surface area contributed by atoms with Gasteiger partial charge in [-0.25, -0.2) is 0 Å². The van der Waals surface area contributed by atoms with Crippen LogP contribution >= 0.6 is 0 Å². The number of aryl methyl sites for hydroxylation is 2. The molecule has 21 heavy (non-hydrogen) atoms. The molecular weight excluding hydrogens is 272 g/mol. The maximum absolute atomic E-state index is 12.6. The van der Waals surface area contributed by atoms with Crippen LogP contribution in [0.3, 0.4) is 0 Å². The molecule has 0 radical (unpaired) electrons. The number of aromatic nitrogens is 1. The van der Waals surface area contributed by atoms with Gasteiger partial charge in [-0.1, -0.05) is 23.4 Å². The SMILES string of the molecule is Cc1cc(N(CCC(=O)O)C(=O)c2ccccc2C)no1. The molecule has 2 rings (SSSR count). The Morgan fingerprint density at radius 2 is 2.00 bits per heavy atom. The monoisotopic (exact) mass is 288 g/mol. The Hall–Kier alpha value is -2.63. The molecule has 1 aromatic carbocycles. The van der Waals surface area contributed by atoms with E-state index in [-0.39, 0.29) is 18.9 Å². The van der Waals surface area contributed by atoms with Crippen LogP contribution in [0.2, 0.25) is 0 Å². The number of rotatable bonds is 5. The zero-order valence-electron chi connectivity index (χ0n) is 11.9. The third kappa shape index (κ3) is 3.47. The quantitative estimate of drug-likeness (QED) is 0.913. The molecule has 0 unspecified atom stereocenters. The highest BCUT2D eigenvalue weighted by molar-refractivity contribution is 6.06. The summed E-state index contributed by atoms with van der Waals surface area (Å²) in [6, 6.07) is 8.75. The van der Waals surface area contributed by atoms with Gasteiger partial charge in [0, 0.05) is 18.2 Å². The first-order chi connectivity index (χ1) is 9.99. The maximum atomic E-state index is 12.6. The Morgan fingerprint density at radius 3 is 2.57 bits per heavy atom. The van der Waals surface area contributed by atoms with E-state index in [1.54, 1.807) is 25.1 Å². The minimum absolute atomic E-state index is 0.0362. The molecule has 110 valence electrons. The second-order valence-electron chi connectivity index (χ2n) is 4.71. The van der Waals surface area contributed by atoms with Gasteiger partial charge >= 0.3 is 5.97 Å². The van der Waals surface area contributed by atoms with E-state index in [9.17, 15) is 9.59 Å². The van der Waals surface area contributed by atoms with E-state index in [1.165, 1.54) is 4.90 Å². The summed E-state index contributed by atoms with van der Waals surface area (Å²) in [6.07, 6.45) is -0.163. The van der Waals surface area contributed by atoms with Crippen molar-refractivity contribution in [3.05, 3.63) is 47.2 Å². The number of anilines is 1. The lowest BCUT2D eigenvalue weighted by atomic mass is 10.1. The summed E-state index contributed by atoms with van der Waals surface area (Å²) in [7, 11) is 0. The van der Waals surface area contributed by atoms with Crippen molar-refractivity contribution in [2.75, 3.05) is 11.4 Å². The van der Waals surface area contributed by atoms with Crippen LogP contribution in [-0.4, -0.2) is 28.7 Å². The molecule has 0 bridgehead atoms. The minimum Gasteiger partial charge on any atom is -0.481 e. The average molecular weight is 288 g/mol. The first-order valence-corrected chi connectivity index (χ1v) is 6.51. The van der Waals surface area contributed by atoms with Crippen molar-refractivity contribution in [1.82, 2.24) is 5.16 Å². The normalized spacial score (nSPS) is 10.4. The van der Waals surface area contributed by atoms with Gasteiger partial charge in [0.1, 0.15) is 5.76 Å². The molecule has 2 aromatic rings. The van der Waals surface area contributed by atoms with Crippen LogP contribution in [0.5, 0.6) is 0 Å². The van der Waals surface area contributed by atoms with Crippen molar-refractivity contribution in [3.63, 3.8) is 0 Å². The highest BCUT2D eigenvalue weighted by Crippen LogP contribution is 2.19. The van der Waals surface area contributed by atoms with E-state index < -0.39 is 5.97 Å². The zero-order chi connectivity index (χ0) is 15.4. The molecule has 0 aliphatic heterocycles. The molecule has 0 aliphatic rings. The van der Waals surface area contributed by atoms with Gasteiger partial charge in [-0.15, -0.1) is 0 Å². The molecule has 1 heterocycles. The van der Waals surface area contributed by atoms with Gasteiger partial charge < -0.3 is 9.63 Å². The predicted molar refractivity (Wildman–Crippen MR) is 76.3 cm³/mol. The fourth-order valence-electron chi connectivity index (χ4n) is 1.97. The van der Waals surface area contributed by atoms with Gasteiger partial charge in [-0.05, 0) is 25.5 Å². The molecule has 0 fully saturated rings. The van der Waals surface area contributed by atoms with E-state index >= 15 is 0 Å². The van der Waals surface area contributed by atoms with E-state index in [2.05, 4.69) is 5.16 Å². The minimum atomic E-state index is -0.974. The van der Waals surface area contributed by atoms with E-state index in [1.807, 2.05) is 19.1 Å². The summed E-state index contributed by atoms with van der Waals surface area (Å²) in [6.45, 7) is 3.58. The lowest BCUT2D eigenvalue weighted by Gasteiger charge is -2.19. The number of aliphatic carboxylic acids is 1. The van der Waals surface area contributed by atoms with Gasteiger partial charge in [0.05, 0.1) is 6.42 Å². The molecular formula is C15H16N2O4. The summed E-state index contributed by atoms with van der Waals surface area (Å²) < 4.78 is 4.98. The first kappa shape index (κ1) is 14.8. The van der Waals surface area contributed by atoms with Gasteiger partial charge in [0.25, 0.3) is 5.91 Å². The van der Waals surface area contributed by atoms with Crippen LogP contribution in [0.1, 0.15) is 28.1 Å². The van der Waals surface area contributed by atoms with Crippen LogP contribution in [0.25, 0.3) is 0 Å². The molecule has 6 nitrogen and oxygen atoms in total. The largest absolute Gasteiger partial charge is 0.481 e. The van der Waals surface area contributed by atoms with Crippen molar-refractivity contribution >= 4 is 17.7 Å². The summed E-state index contributed by atoms with van der Waals surface area (Å²) in [5, 5.41) is 12.6. The summed E-state index contributed by atoms with van der Waals surface area (Å²) >= 11 is 0. The Morgan fingerprint density at radius 1 is 1.29 bits per heavy atom. The fraction of sp³-hybridized carbons (Fsp3) is 0.267. The molecule has 0 spiro atoms. The highest BCUT2D eigenvalue weighted by atomic mass is 16.5. The molecule has 1 aromatic heterocycles. The standard InChI is InChI=1S/C15H16N2O4/c1-10-5-3-4-6-12(10)15(20)17(8-7-14(18)19)13-9-11(2)21-16-13/h3-6,9H,7-8H2,1-2H3,(H,18,19). The average Bonchev–Trinajstić information content (AvgIpc) is 2.85. The Kier molecular flexibility index (Phi) is 4.37. The fourth-order valence-corrected chi connectivity index (χ4v) is 1.97. The van der Waals surface area contributed by atoms with Crippen LogP contribution in [0, 0.1) is 13.8 Å². The summed E-state index contributed by atoms with van der Waals surface area (Å²) in [5.41, 5.74) is 1.34. The number of carboxylic acids is 1. The van der Waals surface area contributed by atoms with Gasteiger partial charge in [0.2, 0.25) is 0 Å². The van der Waals surface area contributed by atoms with Crippen molar-refractivity contribution in [2.45, 2.75) is 20.3 Å². The van der Waals surface area contributed by atoms with E-state index in [4.69, 9.17) is 9.63 Å². The Labute approximate surface area is 122 Å². The molecule has 6 heteroatoms. The van der Waals surface area contributed by atoms with Crippen molar-refractivity contribution in [3.8, 4) is 0 Å². The van der Waals surface area contributed by atoms with Crippen LogP contribution in [-0.2, 0) is 4.79 Å². The topological polar surface area (TPSA) is 83.6 Å². The molecule has 0 saturated heterocycles. The lowest BCUT2D eigenvalue weighted by molar-refractivity contribution is -0.136. The number of hydrogen-bond acceptors (Lipinski definition) is 4. The zero-order valence-corrected chi connectivity index (χ0v) is 11.9. The number of benzene rings is 1. The number of carbonyl (C=O) groups is 2. The Balaban J connectivity index is 2.32. The lowest BCUT2D eigenvalue weighted by Crippen LogP contribution is -2.33. The molecule has 0 saturated carbocycles. The van der Waals surface area contributed by atoms with Crippen molar-refractivity contribution in [1.29, 1.82) is 0 Å². The molecule has 0 aliphatic carbocycles. The van der Waals surface area contributed by atoms with E-state index in [0.717, 1.165) is 5.56 Å². The highest BCUT2D eigenvalue weighted by Gasteiger charge is 2.22. The number of carbonyl (C=O) groups excluding carboxylic acids is 1. The molecule has 0 atom stereocenters. The Bertz CT molecular complexity index is 663. The second-order valence-corrected chi connectivity index (χ2v) is 4.71. The summed E-state index contributed by atoms with van der Waals surface area (Å²) in [4.78, 5) is 24.8. The van der Waals surface area contributed by atoms with Gasteiger partial charge in [0.15, 0.2) is 5.82 Å². The molecule has 1 N–H and O–H groups in total. The smallest absolute Gasteiger partial charge is 0.305 e. The first-order valence-electron chi connectivity index (χ1n) is 6.51. The third-order valence-corrected chi connectivity index (χ3v) is 3.06. The number of nitrogens with zero attached hydrogens (tertiary/aromatic N) is 2. The summed E-state index contributed by atoms with van der Waals surface area (Å²) in [5.74, 6) is -0.384. The number of hydrogen-bond donors (Lipinski definition) is 1. The van der Waals surface area contributed by atoms with Gasteiger partial charge in [-0.2, -0.15) is 0 Å². The second kappa shape index (κ2) is 6.21. The van der Waals surface area contributed by atoms with Crippen LogP contribution < -0.4 is 4.90 Å². The van der Waals surface area contributed by atoms with Gasteiger partial charge in [-0.3, -0.25) is 14.5 Å². The van der Waals surface area contributed by atoms with E-state index in [0.29, 0.717) is 17.1 Å². The van der Waals surface area contributed by atoms with Crippen molar-refractivity contribution < 1.29 is 19.2 Å². The number of amides is 1. The predicted octanol–water partition coefficient (Wildman–Crippen LogP) is 2.41. The maximum Gasteiger partial charge on any atom is 0.305 e. The molecule has 1 amide bonds. The third-order valence-electron chi connectivity index (χ3n) is 3.06. The van der Waals surface area contributed by atoms with Crippen molar-refractivity contribution in [2.24, 2.45) is 0 Å². The van der Waals surface area contributed by atoms with Crippen LogP contribution in [0.4, 0.5) is 5.82 Å². The number of carboxylic acid groups (broad SMARTS) is 1. The van der Waals surface area contributed by atoms with Crippen LogP contribution in [0.15, 0.2) is 34.9 Å².